The van der Waals surface area contributed by atoms with Crippen LogP contribution in [0.1, 0.15) is 10.4 Å². The van der Waals surface area contributed by atoms with E-state index >= 15 is 0 Å². The Balaban J connectivity index is 2.30. The van der Waals surface area contributed by atoms with E-state index in [2.05, 4.69) is 5.32 Å². The Kier molecular flexibility index (Phi) is 4.36. The van der Waals surface area contributed by atoms with Crippen molar-refractivity contribution in [3.05, 3.63) is 62.2 Å². The van der Waals surface area contributed by atoms with E-state index in [9.17, 15) is 13.6 Å². The maximum absolute atomic E-state index is 13.4. The van der Waals surface area contributed by atoms with Gasteiger partial charge in [-0.2, -0.15) is 0 Å². The van der Waals surface area contributed by atoms with E-state index in [0.29, 0.717) is 14.2 Å². The van der Waals surface area contributed by atoms with Gasteiger partial charge in [0, 0.05) is 14.7 Å². The topological polar surface area (TPSA) is 29.1 Å². The zero-order chi connectivity index (χ0) is 14.0. The average molecular weight is 394 g/mol. The van der Waals surface area contributed by atoms with Gasteiger partial charge in [-0.1, -0.05) is 11.6 Å². The molecule has 0 aliphatic heterocycles. The van der Waals surface area contributed by atoms with Crippen LogP contribution in [-0.2, 0) is 0 Å². The predicted octanol–water partition coefficient (Wildman–Crippen LogP) is 4.48. The fourth-order valence-corrected chi connectivity index (χ4v) is 2.21. The van der Waals surface area contributed by atoms with Crippen LogP contribution in [0.4, 0.5) is 14.5 Å². The van der Waals surface area contributed by atoms with Crippen LogP contribution >= 0.6 is 34.2 Å². The number of amides is 1. The van der Waals surface area contributed by atoms with E-state index in [-0.39, 0.29) is 5.69 Å². The number of nitrogens with one attached hydrogen (secondary N) is 1. The fourth-order valence-electron chi connectivity index (χ4n) is 1.45. The lowest BCUT2D eigenvalue weighted by molar-refractivity contribution is 0.102. The molecule has 0 saturated carbocycles. The molecule has 98 valence electrons. The van der Waals surface area contributed by atoms with Crippen molar-refractivity contribution in [3.8, 4) is 0 Å². The SMILES string of the molecule is O=C(Nc1cc(F)ccc1F)c1cc(Cl)ccc1I. The van der Waals surface area contributed by atoms with Gasteiger partial charge in [0.05, 0.1) is 11.3 Å². The second-order valence-corrected chi connectivity index (χ2v) is 5.30. The average Bonchev–Trinajstić information content (AvgIpc) is 2.36. The Hall–Kier alpha value is -1.21. The van der Waals surface area contributed by atoms with Gasteiger partial charge in [-0.15, -0.1) is 0 Å². The molecule has 0 spiro atoms. The first-order valence-electron chi connectivity index (χ1n) is 5.19. The van der Waals surface area contributed by atoms with Crippen LogP contribution in [0.15, 0.2) is 36.4 Å². The van der Waals surface area contributed by atoms with Gasteiger partial charge in [-0.25, -0.2) is 8.78 Å². The molecule has 2 aromatic rings. The molecule has 1 N–H and O–H groups in total. The highest BCUT2D eigenvalue weighted by molar-refractivity contribution is 14.1. The first-order chi connectivity index (χ1) is 8.97. The smallest absolute Gasteiger partial charge is 0.256 e. The quantitative estimate of drug-likeness (QED) is 0.749. The number of carbonyl (C=O) groups excluding carboxylic acids is 1. The zero-order valence-corrected chi connectivity index (χ0v) is 12.3. The van der Waals surface area contributed by atoms with Gasteiger partial charge in [-0.3, -0.25) is 4.79 Å². The van der Waals surface area contributed by atoms with Crippen molar-refractivity contribution < 1.29 is 13.6 Å². The minimum Gasteiger partial charge on any atom is -0.319 e. The van der Waals surface area contributed by atoms with Crippen LogP contribution in [0.2, 0.25) is 5.02 Å². The van der Waals surface area contributed by atoms with E-state index in [4.69, 9.17) is 11.6 Å². The third-order valence-electron chi connectivity index (χ3n) is 2.35. The van der Waals surface area contributed by atoms with Gasteiger partial charge in [0.1, 0.15) is 11.6 Å². The summed E-state index contributed by atoms with van der Waals surface area (Å²) in [5, 5.41) is 2.71. The van der Waals surface area contributed by atoms with Crippen LogP contribution in [0, 0.1) is 15.2 Å². The monoisotopic (exact) mass is 393 g/mol. The number of anilines is 1. The molecule has 0 heterocycles. The van der Waals surface area contributed by atoms with Crippen molar-refractivity contribution in [1.29, 1.82) is 0 Å². The Morgan fingerprint density at radius 1 is 1.16 bits per heavy atom. The van der Waals surface area contributed by atoms with E-state index < -0.39 is 17.5 Å². The second kappa shape index (κ2) is 5.83. The van der Waals surface area contributed by atoms with E-state index in [1.165, 1.54) is 6.07 Å². The number of rotatable bonds is 2. The van der Waals surface area contributed by atoms with Gasteiger partial charge in [0.2, 0.25) is 0 Å². The third-order valence-corrected chi connectivity index (χ3v) is 3.53. The molecule has 0 radical (unpaired) electrons. The molecular formula is C13H7ClF2INO. The van der Waals surface area contributed by atoms with Crippen LogP contribution in [0.3, 0.4) is 0 Å². The number of halogens is 4. The molecule has 2 nitrogen and oxygen atoms in total. The highest BCUT2D eigenvalue weighted by atomic mass is 127. The van der Waals surface area contributed by atoms with Gasteiger partial charge in [-0.05, 0) is 52.9 Å². The molecule has 0 aliphatic carbocycles. The van der Waals surface area contributed by atoms with E-state index in [1.54, 1.807) is 12.1 Å². The van der Waals surface area contributed by atoms with E-state index in [1.807, 2.05) is 22.6 Å². The van der Waals surface area contributed by atoms with Crippen molar-refractivity contribution in [1.82, 2.24) is 0 Å². The maximum Gasteiger partial charge on any atom is 0.256 e. The molecule has 0 saturated heterocycles. The lowest BCUT2D eigenvalue weighted by atomic mass is 10.2. The van der Waals surface area contributed by atoms with Gasteiger partial charge in [0.15, 0.2) is 0 Å². The van der Waals surface area contributed by atoms with Crippen molar-refractivity contribution in [2.45, 2.75) is 0 Å². The minimum absolute atomic E-state index is 0.208. The fraction of sp³-hybridized carbons (Fsp3) is 0. The van der Waals surface area contributed by atoms with Crippen molar-refractivity contribution in [2.75, 3.05) is 5.32 Å². The molecule has 2 rings (SSSR count). The first kappa shape index (κ1) is 14.2. The van der Waals surface area contributed by atoms with Gasteiger partial charge >= 0.3 is 0 Å². The summed E-state index contributed by atoms with van der Waals surface area (Å²) in [5.74, 6) is -1.87. The molecule has 0 fully saturated rings. The number of hydrogen-bond acceptors (Lipinski definition) is 1. The summed E-state index contributed by atoms with van der Waals surface area (Å²) in [6.07, 6.45) is 0. The normalized spacial score (nSPS) is 10.3. The molecule has 0 unspecified atom stereocenters. The lowest BCUT2D eigenvalue weighted by Crippen LogP contribution is -2.14. The summed E-state index contributed by atoms with van der Waals surface area (Å²) in [6, 6.07) is 7.63. The number of carbonyl (C=O) groups is 1. The summed E-state index contributed by atoms with van der Waals surface area (Å²) in [6.45, 7) is 0. The van der Waals surface area contributed by atoms with E-state index in [0.717, 1.165) is 18.2 Å². The molecule has 19 heavy (non-hydrogen) atoms. The number of benzene rings is 2. The summed E-state index contributed by atoms with van der Waals surface area (Å²) < 4.78 is 27.1. The van der Waals surface area contributed by atoms with Crippen molar-refractivity contribution in [2.24, 2.45) is 0 Å². The Morgan fingerprint density at radius 2 is 1.89 bits per heavy atom. The Bertz CT molecular complexity index is 649. The first-order valence-corrected chi connectivity index (χ1v) is 6.64. The Morgan fingerprint density at radius 3 is 2.63 bits per heavy atom. The van der Waals surface area contributed by atoms with Gasteiger partial charge < -0.3 is 5.32 Å². The minimum atomic E-state index is -0.702. The van der Waals surface area contributed by atoms with Crippen molar-refractivity contribution >= 4 is 45.8 Å². The standard InChI is InChI=1S/C13H7ClF2INO/c14-7-1-4-11(17)9(5-7)13(19)18-12-6-8(15)2-3-10(12)16/h1-6H,(H,18,19). The maximum atomic E-state index is 13.4. The van der Waals surface area contributed by atoms with Crippen LogP contribution in [0.5, 0.6) is 0 Å². The second-order valence-electron chi connectivity index (χ2n) is 3.70. The molecular weight excluding hydrogens is 387 g/mol. The lowest BCUT2D eigenvalue weighted by Gasteiger charge is -2.08. The molecule has 0 aromatic heterocycles. The third kappa shape index (κ3) is 3.42. The van der Waals surface area contributed by atoms with Crippen molar-refractivity contribution in [3.63, 3.8) is 0 Å². The van der Waals surface area contributed by atoms with Crippen LogP contribution in [0.25, 0.3) is 0 Å². The molecule has 2 aromatic carbocycles. The highest BCUT2D eigenvalue weighted by Gasteiger charge is 2.13. The Labute approximate surface area is 126 Å². The summed E-state index contributed by atoms with van der Waals surface area (Å²) in [7, 11) is 0. The predicted molar refractivity (Wildman–Crippen MR) is 78.5 cm³/mol. The molecule has 0 aliphatic rings. The number of hydrogen-bond donors (Lipinski definition) is 1. The summed E-state index contributed by atoms with van der Waals surface area (Å²) in [4.78, 5) is 12.0. The summed E-state index contributed by atoms with van der Waals surface area (Å²) >= 11 is 7.77. The summed E-state index contributed by atoms with van der Waals surface area (Å²) in [5.41, 5.74) is 0.0949. The van der Waals surface area contributed by atoms with Gasteiger partial charge in [0.25, 0.3) is 5.91 Å². The molecule has 0 atom stereocenters. The molecule has 1 amide bonds. The molecule has 6 heteroatoms. The molecule has 0 bridgehead atoms. The van der Waals surface area contributed by atoms with Crippen LogP contribution in [-0.4, -0.2) is 5.91 Å². The zero-order valence-electron chi connectivity index (χ0n) is 9.38. The van der Waals surface area contributed by atoms with Crippen LogP contribution < -0.4 is 5.32 Å². The largest absolute Gasteiger partial charge is 0.319 e. The highest BCUT2D eigenvalue weighted by Crippen LogP contribution is 2.21.